The first-order valence-electron chi connectivity index (χ1n) is 4.67. The molecule has 0 saturated heterocycles. The molecule has 0 saturated carbocycles. The minimum atomic E-state index is -4.30. The summed E-state index contributed by atoms with van der Waals surface area (Å²) in [7, 11) is 0. The van der Waals surface area contributed by atoms with Crippen molar-refractivity contribution in [3.63, 3.8) is 0 Å². The van der Waals surface area contributed by atoms with E-state index in [0.29, 0.717) is 5.69 Å². The number of aromatic nitrogens is 1. The van der Waals surface area contributed by atoms with Crippen molar-refractivity contribution in [3.05, 3.63) is 17.0 Å². The molecular formula is C9H8F3NO3. The number of hydrogen-bond acceptors (Lipinski definition) is 3. The highest BCUT2D eigenvalue weighted by molar-refractivity contribution is 5.86. The fourth-order valence-electron chi connectivity index (χ4n) is 1.86. The maximum absolute atomic E-state index is 12.5. The van der Waals surface area contributed by atoms with Gasteiger partial charge in [-0.3, -0.25) is 0 Å². The molecule has 0 aliphatic heterocycles. The van der Waals surface area contributed by atoms with Gasteiger partial charge < -0.3 is 9.63 Å². The van der Waals surface area contributed by atoms with Gasteiger partial charge in [0.1, 0.15) is 0 Å². The molecular weight excluding hydrogens is 227 g/mol. The van der Waals surface area contributed by atoms with Crippen LogP contribution in [0.1, 0.15) is 28.2 Å². The number of nitrogens with zero attached hydrogens (tertiary/aromatic N) is 1. The predicted octanol–water partition coefficient (Wildman–Crippen LogP) is 2.04. The first-order chi connectivity index (χ1) is 7.39. The highest BCUT2D eigenvalue weighted by Gasteiger charge is 2.43. The van der Waals surface area contributed by atoms with Crippen LogP contribution in [0.4, 0.5) is 13.2 Å². The number of carbonyl (C=O) groups is 1. The van der Waals surface area contributed by atoms with Crippen LogP contribution < -0.4 is 0 Å². The number of aryl methyl sites for hydroxylation is 1. The third-order valence-electron chi connectivity index (χ3n) is 2.71. The third-order valence-corrected chi connectivity index (χ3v) is 2.71. The maximum atomic E-state index is 12.5. The van der Waals surface area contributed by atoms with E-state index in [4.69, 9.17) is 5.11 Å². The lowest BCUT2D eigenvalue weighted by Crippen LogP contribution is -2.29. The molecule has 0 spiro atoms. The fraction of sp³-hybridized carbons (Fsp3) is 0.556. The largest absolute Gasteiger partial charge is 0.475 e. The molecule has 0 fully saturated rings. The number of aromatic carboxylic acids is 1. The van der Waals surface area contributed by atoms with Crippen LogP contribution in [0.2, 0.25) is 0 Å². The normalized spacial score (nSPS) is 20.6. The average molecular weight is 235 g/mol. The van der Waals surface area contributed by atoms with Crippen molar-refractivity contribution < 1.29 is 27.6 Å². The molecule has 0 aromatic carbocycles. The van der Waals surface area contributed by atoms with Crippen LogP contribution in [0.15, 0.2) is 4.52 Å². The molecule has 1 aromatic heterocycles. The Bertz CT molecular complexity index is 424. The molecule has 1 N–H and O–H groups in total. The summed E-state index contributed by atoms with van der Waals surface area (Å²) in [4.78, 5) is 10.7. The first kappa shape index (κ1) is 11.0. The second-order valence-corrected chi connectivity index (χ2v) is 3.72. The van der Waals surface area contributed by atoms with Gasteiger partial charge >= 0.3 is 12.1 Å². The highest BCUT2D eigenvalue weighted by Crippen LogP contribution is 2.37. The third kappa shape index (κ3) is 1.77. The van der Waals surface area contributed by atoms with Crippen molar-refractivity contribution in [2.45, 2.75) is 25.4 Å². The van der Waals surface area contributed by atoms with Gasteiger partial charge in [0.2, 0.25) is 5.76 Å². The fourth-order valence-corrected chi connectivity index (χ4v) is 1.86. The van der Waals surface area contributed by atoms with E-state index in [1.165, 1.54) is 0 Å². The Balaban J connectivity index is 2.31. The van der Waals surface area contributed by atoms with Gasteiger partial charge in [0.05, 0.1) is 11.6 Å². The zero-order valence-corrected chi connectivity index (χ0v) is 8.04. The van der Waals surface area contributed by atoms with E-state index >= 15 is 0 Å². The average Bonchev–Trinajstić information content (AvgIpc) is 2.58. The summed E-state index contributed by atoms with van der Waals surface area (Å²) in [5.41, 5.74) is 0.416. The van der Waals surface area contributed by atoms with Gasteiger partial charge in [0.15, 0.2) is 0 Å². The summed E-state index contributed by atoms with van der Waals surface area (Å²) in [5, 5.41) is 12.2. The van der Waals surface area contributed by atoms with Crippen molar-refractivity contribution in [2.24, 2.45) is 5.92 Å². The lowest BCUT2D eigenvalue weighted by molar-refractivity contribution is -0.177. The Morgan fingerprint density at radius 3 is 2.75 bits per heavy atom. The lowest BCUT2D eigenvalue weighted by atomic mass is 9.86. The topological polar surface area (TPSA) is 63.3 Å². The van der Waals surface area contributed by atoms with E-state index in [9.17, 15) is 18.0 Å². The molecule has 1 aliphatic rings. The van der Waals surface area contributed by atoms with Crippen LogP contribution in [0, 0.1) is 5.92 Å². The molecule has 0 amide bonds. The van der Waals surface area contributed by atoms with Gasteiger partial charge in [-0.2, -0.15) is 13.2 Å². The molecule has 1 unspecified atom stereocenters. The molecule has 16 heavy (non-hydrogen) atoms. The van der Waals surface area contributed by atoms with E-state index < -0.39 is 23.8 Å². The van der Waals surface area contributed by atoms with E-state index in [-0.39, 0.29) is 24.8 Å². The molecule has 4 nitrogen and oxygen atoms in total. The summed E-state index contributed by atoms with van der Waals surface area (Å²) < 4.78 is 42.0. The van der Waals surface area contributed by atoms with Crippen molar-refractivity contribution in [1.82, 2.24) is 5.16 Å². The Hall–Kier alpha value is -1.53. The number of fused-ring (bicyclic) bond motifs is 1. The van der Waals surface area contributed by atoms with Crippen LogP contribution in [-0.2, 0) is 12.8 Å². The Morgan fingerprint density at radius 1 is 1.50 bits per heavy atom. The van der Waals surface area contributed by atoms with Crippen molar-refractivity contribution in [2.75, 3.05) is 0 Å². The number of halogens is 3. The van der Waals surface area contributed by atoms with Crippen LogP contribution >= 0.6 is 0 Å². The molecule has 1 aliphatic carbocycles. The van der Waals surface area contributed by atoms with E-state index in [1.807, 2.05) is 0 Å². The van der Waals surface area contributed by atoms with Crippen molar-refractivity contribution in [1.29, 1.82) is 0 Å². The first-order valence-corrected chi connectivity index (χ1v) is 4.67. The molecule has 1 aromatic rings. The predicted molar refractivity (Wildman–Crippen MR) is 45.0 cm³/mol. The summed E-state index contributed by atoms with van der Waals surface area (Å²) in [5.74, 6) is -3.35. The Labute approximate surface area is 88.0 Å². The summed E-state index contributed by atoms with van der Waals surface area (Å²) in [6, 6.07) is 0. The second-order valence-electron chi connectivity index (χ2n) is 3.72. The molecule has 1 atom stereocenters. The lowest BCUT2D eigenvalue weighted by Gasteiger charge is -2.23. The summed E-state index contributed by atoms with van der Waals surface area (Å²) in [6.45, 7) is 0. The van der Waals surface area contributed by atoms with E-state index in [1.54, 1.807) is 0 Å². The Morgan fingerprint density at radius 2 is 2.19 bits per heavy atom. The zero-order chi connectivity index (χ0) is 11.9. The SMILES string of the molecule is O=C(O)c1onc2c1CC(C(F)(F)F)CC2. The van der Waals surface area contributed by atoms with Crippen LogP contribution in [0.25, 0.3) is 0 Å². The van der Waals surface area contributed by atoms with Crippen molar-refractivity contribution in [3.8, 4) is 0 Å². The number of alkyl halides is 3. The molecule has 7 heteroatoms. The highest BCUT2D eigenvalue weighted by atomic mass is 19.4. The van der Waals surface area contributed by atoms with Gasteiger partial charge in [0, 0.05) is 5.56 Å². The standard InChI is InChI=1S/C9H8F3NO3/c10-9(11,12)4-1-2-6-5(3-4)7(8(14)15)16-13-6/h4H,1-3H2,(H,14,15). The molecule has 88 valence electrons. The molecule has 2 rings (SSSR count). The van der Waals surface area contributed by atoms with Crippen molar-refractivity contribution >= 4 is 5.97 Å². The second kappa shape index (κ2) is 3.50. The molecule has 0 radical (unpaired) electrons. The van der Waals surface area contributed by atoms with E-state index in [0.717, 1.165) is 0 Å². The van der Waals surface area contributed by atoms with Gasteiger partial charge in [-0.05, 0) is 19.3 Å². The van der Waals surface area contributed by atoms with Gasteiger partial charge in [-0.25, -0.2) is 4.79 Å². The van der Waals surface area contributed by atoms with Gasteiger partial charge in [-0.15, -0.1) is 0 Å². The molecule has 1 heterocycles. The van der Waals surface area contributed by atoms with Gasteiger partial charge in [0.25, 0.3) is 0 Å². The van der Waals surface area contributed by atoms with Gasteiger partial charge in [-0.1, -0.05) is 5.16 Å². The number of carboxylic acids is 1. The number of hydrogen-bond donors (Lipinski definition) is 1. The monoisotopic (exact) mass is 235 g/mol. The van der Waals surface area contributed by atoms with Crippen LogP contribution in [-0.4, -0.2) is 22.4 Å². The van der Waals surface area contributed by atoms with Crippen LogP contribution in [0.3, 0.4) is 0 Å². The summed E-state index contributed by atoms with van der Waals surface area (Å²) >= 11 is 0. The minimum Gasteiger partial charge on any atom is -0.475 e. The molecule has 0 bridgehead atoms. The zero-order valence-electron chi connectivity index (χ0n) is 8.04. The number of rotatable bonds is 1. The minimum absolute atomic E-state index is 0.0674. The quantitative estimate of drug-likeness (QED) is 0.808. The van der Waals surface area contributed by atoms with Crippen LogP contribution in [0.5, 0.6) is 0 Å². The Kier molecular flexibility index (Phi) is 2.40. The van der Waals surface area contributed by atoms with E-state index in [2.05, 4.69) is 9.68 Å². The maximum Gasteiger partial charge on any atom is 0.392 e. The smallest absolute Gasteiger partial charge is 0.392 e. The summed E-state index contributed by atoms with van der Waals surface area (Å²) in [6.07, 6.45) is -4.62. The number of carboxylic acid groups (broad SMARTS) is 1.